The summed E-state index contributed by atoms with van der Waals surface area (Å²) < 4.78 is 6.54. The van der Waals surface area contributed by atoms with E-state index in [0.29, 0.717) is 11.6 Å². The van der Waals surface area contributed by atoms with Gasteiger partial charge in [0.05, 0.1) is 13.2 Å². The van der Waals surface area contributed by atoms with Crippen molar-refractivity contribution in [2.45, 2.75) is 78.4 Å². The van der Waals surface area contributed by atoms with E-state index in [1.165, 1.54) is 10.7 Å². The lowest BCUT2D eigenvalue weighted by atomic mass is 9.86. The second-order valence-electron chi connectivity index (χ2n) is 9.93. The first-order chi connectivity index (χ1) is 16.1. The summed E-state index contributed by atoms with van der Waals surface area (Å²) in [7, 11) is 0. The van der Waals surface area contributed by atoms with Gasteiger partial charge >= 0.3 is 5.97 Å². The number of esters is 1. The van der Waals surface area contributed by atoms with Crippen LogP contribution in [0.3, 0.4) is 0 Å². The zero-order chi connectivity index (χ0) is 24.6. The molecule has 1 saturated carbocycles. The van der Waals surface area contributed by atoms with Crippen molar-refractivity contribution in [2.24, 2.45) is 5.92 Å². The predicted octanol–water partition coefficient (Wildman–Crippen LogP) is 3.79. The molecule has 1 N–H and O–H groups in total. The molecule has 1 aromatic carbocycles. The van der Waals surface area contributed by atoms with Gasteiger partial charge in [-0.2, -0.15) is 5.10 Å². The Bertz CT molecular complexity index is 1120. The molecule has 1 fully saturated rings. The smallest absolute Gasteiger partial charge is 0.358 e. The summed E-state index contributed by atoms with van der Waals surface area (Å²) in [4.78, 5) is 41.5. The average Bonchev–Trinajstić information content (AvgIpc) is 3.21. The molecule has 1 atom stereocenters. The lowest BCUT2D eigenvalue weighted by molar-refractivity contribution is -0.127. The molecule has 1 aromatic heterocycles. The topological polar surface area (TPSA) is 93.5 Å². The molecule has 2 aromatic rings. The van der Waals surface area contributed by atoms with E-state index in [-0.39, 0.29) is 42.4 Å². The van der Waals surface area contributed by atoms with Crippen LogP contribution in [0.5, 0.6) is 0 Å². The number of ether oxygens (including phenoxy) is 1. The van der Waals surface area contributed by atoms with Crippen LogP contribution in [0.2, 0.25) is 0 Å². The maximum Gasteiger partial charge on any atom is 0.358 e. The van der Waals surface area contributed by atoms with Crippen molar-refractivity contribution in [3.63, 3.8) is 0 Å². The van der Waals surface area contributed by atoms with E-state index in [0.717, 1.165) is 36.8 Å². The average molecular weight is 467 g/mol. The van der Waals surface area contributed by atoms with Gasteiger partial charge in [-0.25, -0.2) is 4.79 Å². The molecular formula is C26H34N4O4. The van der Waals surface area contributed by atoms with Crippen LogP contribution in [0.4, 0.5) is 5.69 Å². The number of aromatic nitrogens is 2. The van der Waals surface area contributed by atoms with E-state index in [1.807, 2.05) is 32.0 Å². The van der Waals surface area contributed by atoms with Crippen molar-refractivity contribution in [2.75, 3.05) is 11.5 Å². The minimum absolute atomic E-state index is 0.0664. The summed E-state index contributed by atoms with van der Waals surface area (Å²) in [6, 6.07) is 7.36. The van der Waals surface area contributed by atoms with E-state index in [1.54, 1.807) is 18.7 Å². The summed E-state index contributed by atoms with van der Waals surface area (Å²) in [5.74, 6) is -0.493. The van der Waals surface area contributed by atoms with E-state index in [9.17, 15) is 14.4 Å². The molecule has 0 bridgehead atoms. The molecule has 0 spiro atoms. The fourth-order valence-electron chi connectivity index (χ4n) is 5.07. The highest BCUT2D eigenvalue weighted by Gasteiger charge is 2.50. The number of carbonyl (C=O) groups is 3. The highest BCUT2D eigenvalue weighted by molar-refractivity contribution is 6.12. The normalized spacial score (nSPS) is 24.5. The van der Waals surface area contributed by atoms with E-state index >= 15 is 0 Å². The molecule has 1 aliphatic heterocycles. The highest BCUT2D eigenvalue weighted by Crippen LogP contribution is 2.35. The Hall–Kier alpha value is -3.16. The predicted molar refractivity (Wildman–Crippen MR) is 129 cm³/mol. The molecular weight excluding hydrogens is 432 g/mol. The van der Waals surface area contributed by atoms with E-state index < -0.39 is 11.5 Å². The Morgan fingerprint density at radius 1 is 1.18 bits per heavy atom. The quantitative estimate of drug-likeness (QED) is 0.677. The van der Waals surface area contributed by atoms with Crippen LogP contribution in [0.25, 0.3) is 0 Å². The maximum absolute atomic E-state index is 13.8. The summed E-state index contributed by atoms with van der Waals surface area (Å²) in [5.41, 5.74) is 1.76. The first-order valence-electron chi connectivity index (χ1n) is 12.1. The van der Waals surface area contributed by atoms with E-state index in [2.05, 4.69) is 17.3 Å². The van der Waals surface area contributed by atoms with Crippen molar-refractivity contribution in [1.82, 2.24) is 15.1 Å². The molecule has 0 radical (unpaired) electrons. The summed E-state index contributed by atoms with van der Waals surface area (Å²) in [6.07, 6.45) is 4.02. The number of benzene rings is 1. The SMILES string of the molecule is CCOC(=O)c1cc2n(n1)C[C@@](C)(C(=O)NC1CCC(C)CC1)N(c1ccc(C)cc1C)C2=O. The lowest BCUT2D eigenvalue weighted by Crippen LogP contribution is -2.65. The highest BCUT2D eigenvalue weighted by atomic mass is 16.5. The van der Waals surface area contributed by atoms with Crippen LogP contribution in [-0.4, -0.2) is 45.8 Å². The second kappa shape index (κ2) is 9.24. The van der Waals surface area contributed by atoms with Crippen LogP contribution in [0.1, 0.15) is 78.6 Å². The van der Waals surface area contributed by atoms with E-state index in [4.69, 9.17) is 4.74 Å². The number of anilines is 1. The number of amides is 2. The number of nitrogens with one attached hydrogen (secondary N) is 1. The Labute approximate surface area is 200 Å². The third-order valence-electron chi connectivity index (χ3n) is 7.07. The van der Waals surface area contributed by atoms with Crippen LogP contribution in [0.15, 0.2) is 24.3 Å². The zero-order valence-corrected chi connectivity index (χ0v) is 20.7. The zero-order valence-electron chi connectivity index (χ0n) is 20.7. The standard InChI is InChI=1S/C26H34N4O4/c1-6-34-24(32)20-14-22-23(31)30(21-12-9-17(3)13-18(21)4)26(5,15-29(22)28-20)25(33)27-19-10-7-16(2)8-11-19/h9,12-14,16,19H,6-8,10-11,15H2,1-5H3,(H,27,33)/t16?,19?,26-/m0/s1. The summed E-state index contributed by atoms with van der Waals surface area (Å²) in [5, 5.41) is 7.55. The Kier molecular flexibility index (Phi) is 6.51. The first-order valence-corrected chi connectivity index (χ1v) is 12.1. The van der Waals surface area contributed by atoms with Gasteiger partial charge in [0.2, 0.25) is 5.91 Å². The number of carbonyl (C=O) groups excluding carboxylic acids is 3. The molecule has 0 unspecified atom stereocenters. The molecule has 8 nitrogen and oxygen atoms in total. The number of rotatable bonds is 5. The maximum atomic E-state index is 13.8. The molecule has 4 rings (SSSR count). The monoisotopic (exact) mass is 466 g/mol. The van der Waals surface area contributed by atoms with Crippen LogP contribution < -0.4 is 10.2 Å². The summed E-state index contributed by atoms with van der Waals surface area (Å²) >= 11 is 0. The van der Waals surface area contributed by atoms with Crippen molar-refractivity contribution >= 4 is 23.5 Å². The molecule has 2 heterocycles. The van der Waals surface area contributed by atoms with Crippen LogP contribution >= 0.6 is 0 Å². The van der Waals surface area contributed by atoms with Gasteiger partial charge < -0.3 is 10.1 Å². The van der Waals surface area contributed by atoms with Crippen molar-refractivity contribution in [3.8, 4) is 0 Å². The van der Waals surface area contributed by atoms with Gasteiger partial charge in [0, 0.05) is 17.8 Å². The first kappa shape index (κ1) is 24.0. The Morgan fingerprint density at radius 3 is 2.53 bits per heavy atom. The second-order valence-corrected chi connectivity index (χ2v) is 9.93. The fourth-order valence-corrected chi connectivity index (χ4v) is 5.07. The Morgan fingerprint density at radius 2 is 1.88 bits per heavy atom. The third-order valence-corrected chi connectivity index (χ3v) is 7.07. The van der Waals surface area contributed by atoms with Gasteiger partial charge in [0.25, 0.3) is 5.91 Å². The number of hydrogen-bond donors (Lipinski definition) is 1. The lowest BCUT2D eigenvalue weighted by Gasteiger charge is -2.44. The summed E-state index contributed by atoms with van der Waals surface area (Å²) in [6.45, 7) is 10.0. The van der Waals surface area contributed by atoms with Gasteiger partial charge in [0.1, 0.15) is 11.2 Å². The molecule has 2 aliphatic rings. The molecule has 0 saturated heterocycles. The fraction of sp³-hybridized carbons (Fsp3) is 0.538. The third kappa shape index (κ3) is 4.33. The molecule has 34 heavy (non-hydrogen) atoms. The van der Waals surface area contributed by atoms with Gasteiger partial charge in [-0.05, 0) is 70.9 Å². The number of hydrogen-bond acceptors (Lipinski definition) is 5. The number of fused-ring (bicyclic) bond motifs is 1. The van der Waals surface area contributed by atoms with Gasteiger partial charge in [-0.15, -0.1) is 0 Å². The minimum atomic E-state index is -1.22. The molecule has 182 valence electrons. The van der Waals surface area contributed by atoms with Gasteiger partial charge in [-0.1, -0.05) is 24.6 Å². The number of aryl methyl sites for hydroxylation is 2. The van der Waals surface area contributed by atoms with Crippen molar-refractivity contribution < 1.29 is 19.1 Å². The van der Waals surface area contributed by atoms with Gasteiger partial charge in [0.15, 0.2) is 5.69 Å². The minimum Gasteiger partial charge on any atom is -0.461 e. The number of nitrogens with zero attached hydrogens (tertiary/aromatic N) is 3. The van der Waals surface area contributed by atoms with Crippen molar-refractivity contribution in [1.29, 1.82) is 0 Å². The molecule has 1 aliphatic carbocycles. The van der Waals surface area contributed by atoms with Crippen molar-refractivity contribution in [3.05, 3.63) is 46.8 Å². The molecule has 8 heteroatoms. The largest absolute Gasteiger partial charge is 0.461 e. The molecule has 2 amide bonds. The van der Waals surface area contributed by atoms with Crippen LogP contribution in [-0.2, 0) is 16.1 Å². The van der Waals surface area contributed by atoms with Gasteiger partial charge in [-0.3, -0.25) is 19.2 Å². The van der Waals surface area contributed by atoms with Crippen LogP contribution in [0, 0.1) is 19.8 Å². The Balaban J connectivity index is 1.74.